The molecule has 0 aromatic heterocycles. The average Bonchev–Trinajstić information content (AvgIpc) is 3.06. The molecule has 0 saturated heterocycles. The van der Waals surface area contributed by atoms with Crippen LogP contribution in [-0.4, -0.2) is 29.8 Å². The molecule has 2 N–H and O–H groups in total. The second-order valence-corrected chi connectivity index (χ2v) is 14.1. The van der Waals surface area contributed by atoms with Gasteiger partial charge in [-0.25, -0.2) is 8.42 Å². The van der Waals surface area contributed by atoms with Crippen LogP contribution in [0.4, 0.5) is 0 Å². The third kappa shape index (κ3) is 11.8. The maximum Gasteiger partial charge on any atom is 1.00 e. The summed E-state index contributed by atoms with van der Waals surface area (Å²) in [4.78, 5) is 0.778. The van der Waals surface area contributed by atoms with Crippen molar-refractivity contribution in [3.05, 3.63) is 108 Å². The fourth-order valence-corrected chi connectivity index (χ4v) is 7.26. The fourth-order valence-electron chi connectivity index (χ4n) is 5.42. The van der Waals surface area contributed by atoms with Gasteiger partial charge in [-0.15, -0.1) is 0 Å². The van der Waals surface area contributed by atoms with E-state index in [1.54, 1.807) is 24.3 Å². The number of aliphatic hydroxyl groups is 2. The molecule has 4 aromatic rings. The summed E-state index contributed by atoms with van der Waals surface area (Å²) in [6.45, 7) is 4.92. The molecule has 0 spiro atoms. The normalized spacial score (nSPS) is 12.7. The first-order valence-corrected chi connectivity index (χ1v) is 18.5. The van der Waals surface area contributed by atoms with Crippen LogP contribution in [0.3, 0.4) is 0 Å². The molecule has 0 fully saturated rings. The molecule has 47 heavy (non-hydrogen) atoms. The Labute approximate surface area is 307 Å². The van der Waals surface area contributed by atoms with Crippen LogP contribution in [0.5, 0.6) is 5.75 Å². The Hall–Kier alpha value is -2.14. The van der Waals surface area contributed by atoms with Crippen molar-refractivity contribution in [1.82, 2.24) is 0 Å². The molecule has 9 heteroatoms. The van der Waals surface area contributed by atoms with Gasteiger partial charge in [0.25, 0.3) is 0 Å². The first-order valence-electron chi connectivity index (χ1n) is 16.3. The molecular weight excluding hydrogens is 640 g/mol. The van der Waals surface area contributed by atoms with Crippen molar-refractivity contribution < 1.29 is 57.5 Å². The van der Waals surface area contributed by atoms with Crippen LogP contribution in [0, 0.1) is 0 Å². The van der Waals surface area contributed by atoms with Crippen LogP contribution in [-0.2, 0) is 10.1 Å². The van der Waals surface area contributed by atoms with E-state index in [1.165, 1.54) is 43.5 Å². The molecule has 6 nitrogen and oxygen atoms in total. The SMILES string of the molecule is CCCCCCCCC(O)c1cccc(C(O)c2ccccc2-c2ccc(Sc3ccc(OCCCC)cc3)c(S(=O)(=O)[O-])c2)c1.[Na+]. The summed E-state index contributed by atoms with van der Waals surface area (Å²) in [5, 5.41) is 22.4. The Kier molecular flexibility index (Phi) is 16.5. The van der Waals surface area contributed by atoms with E-state index in [0.717, 1.165) is 41.9 Å². The Morgan fingerprint density at radius 1 is 0.766 bits per heavy atom. The zero-order valence-electron chi connectivity index (χ0n) is 27.7. The fraction of sp³-hybridized carbons (Fsp3) is 0.368. The molecule has 0 saturated carbocycles. The summed E-state index contributed by atoms with van der Waals surface area (Å²) in [7, 11) is -4.81. The summed E-state index contributed by atoms with van der Waals surface area (Å²) in [5.41, 5.74) is 3.07. The monoisotopic (exact) mass is 684 g/mol. The van der Waals surface area contributed by atoms with E-state index in [0.29, 0.717) is 40.2 Å². The summed E-state index contributed by atoms with van der Waals surface area (Å²) < 4.78 is 43.1. The Balaban J connectivity index is 0.00000600. The van der Waals surface area contributed by atoms with Crippen LogP contribution in [0.25, 0.3) is 11.1 Å². The number of unbranched alkanes of at least 4 members (excludes halogenated alkanes) is 6. The number of rotatable bonds is 18. The summed E-state index contributed by atoms with van der Waals surface area (Å²) in [6, 6.07) is 26.7. The van der Waals surface area contributed by atoms with Crippen LogP contribution in [0.2, 0.25) is 0 Å². The molecule has 0 amide bonds. The predicted molar refractivity (Wildman–Crippen MR) is 184 cm³/mol. The zero-order chi connectivity index (χ0) is 32.9. The largest absolute Gasteiger partial charge is 1.00 e. The van der Waals surface area contributed by atoms with Crippen LogP contribution < -0.4 is 34.3 Å². The van der Waals surface area contributed by atoms with E-state index in [4.69, 9.17) is 4.74 Å². The Morgan fingerprint density at radius 2 is 1.45 bits per heavy atom. The van der Waals surface area contributed by atoms with E-state index in [9.17, 15) is 23.2 Å². The van der Waals surface area contributed by atoms with Crippen molar-refractivity contribution in [2.75, 3.05) is 6.61 Å². The van der Waals surface area contributed by atoms with Crippen LogP contribution in [0.15, 0.2) is 106 Å². The first-order chi connectivity index (χ1) is 22.2. The molecule has 0 heterocycles. The van der Waals surface area contributed by atoms with Gasteiger partial charge in [0, 0.05) is 9.79 Å². The van der Waals surface area contributed by atoms with Crippen LogP contribution >= 0.6 is 11.8 Å². The molecule has 2 atom stereocenters. The molecule has 0 bridgehead atoms. The Bertz CT molecular complexity index is 1640. The van der Waals surface area contributed by atoms with Crippen molar-refractivity contribution in [3.8, 4) is 16.9 Å². The topological polar surface area (TPSA) is 107 Å². The molecule has 0 aliphatic rings. The number of hydrogen-bond donors (Lipinski definition) is 2. The quantitative estimate of drug-likeness (QED) is 0.0704. The van der Waals surface area contributed by atoms with Crippen LogP contribution in [0.1, 0.15) is 101 Å². The molecular formula is C38H45NaO6S2. The van der Waals surface area contributed by atoms with Gasteiger partial charge in [0.05, 0.1) is 17.6 Å². The predicted octanol–water partition coefficient (Wildman–Crippen LogP) is 6.46. The maximum absolute atomic E-state index is 12.4. The van der Waals surface area contributed by atoms with Gasteiger partial charge in [-0.3, -0.25) is 0 Å². The molecule has 4 aromatic carbocycles. The minimum absolute atomic E-state index is 0. The minimum atomic E-state index is -4.81. The maximum atomic E-state index is 12.4. The van der Waals surface area contributed by atoms with Gasteiger partial charge in [-0.1, -0.05) is 125 Å². The van der Waals surface area contributed by atoms with E-state index >= 15 is 0 Å². The number of ether oxygens (including phenoxy) is 1. The van der Waals surface area contributed by atoms with E-state index in [-0.39, 0.29) is 34.5 Å². The second kappa shape index (κ2) is 19.8. The number of hydrogen-bond acceptors (Lipinski definition) is 7. The van der Waals surface area contributed by atoms with Gasteiger partial charge in [0.15, 0.2) is 0 Å². The smallest absolute Gasteiger partial charge is 0.744 e. The molecule has 0 aliphatic heterocycles. The van der Waals surface area contributed by atoms with Gasteiger partial charge < -0.3 is 19.5 Å². The van der Waals surface area contributed by atoms with Gasteiger partial charge in [-0.2, -0.15) is 0 Å². The van der Waals surface area contributed by atoms with E-state index < -0.39 is 22.3 Å². The van der Waals surface area contributed by atoms with Gasteiger partial charge in [0.2, 0.25) is 0 Å². The summed E-state index contributed by atoms with van der Waals surface area (Å²) in [6.07, 6.45) is 7.89. The zero-order valence-corrected chi connectivity index (χ0v) is 31.4. The van der Waals surface area contributed by atoms with Crippen molar-refractivity contribution >= 4 is 21.9 Å². The van der Waals surface area contributed by atoms with Crippen molar-refractivity contribution in [3.63, 3.8) is 0 Å². The first kappa shape index (κ1) is 39.3. The van der Waals surface area contributed by atoms with Gasteiger partial charge in [-0.05, 0) is 77.1 Å². The molecule has 2 unspecified atom stereocenters. The van der Waals surface area contributed by atoms with Gasteiger partial charge >= 0.3 is 29.6 Å². The Morgan fingerprint density at radius 3 is 2.17 bits per heavy atom. The van der Waals surface area contributed by atoms with Crippen molar-refractivity contribution in [1.29, 1.82) is 0 Å². The second-order valence-electron chi connectivity index (χ2n) is 11.6. The number of aliphatic hydroxyl groups excluding tert-OH is 2. The van der Waals surface area contributed by atoms with Gasteiger partial charge in [0.1, 0.15) is 22.0 Å². The average molecular weight is 685 g/mol. The van der Waals surface area contributed by atoms with E-state index in [2.05, 4.69) is 13.8 Å². The molecule has 4 rings (SSSR count). The molecule has 0 radical (unpaired) electrons. The third-order valence-electron chi connectivity index (χ3n) is 8.04. The van der Waals surface area contributed by atoms with E-state index in [1.807, 2.05) is 60.7 Å². The summed E-state index contributed by atoms with van der Waals surface area (Å²) in [5.74, 6) is 0.734. The number of benzene rings is 4. The third-order valence-corrected chi connectivity index (χ3v) is 10.1. The van der Waals surface area contributed by atoms with Crippen molar-refractivity contribution in [2.24, 2.45) is 0 Å². The molecule has 0 aliphatic carbocycles. The molecule has 246 valence electrons. The van der Waals surface area contributed by atoms with Crippen molar-refractivity contribution in [2.45, 2.75) is 98.5 Å². The summed E-state index contributed by atoms with van der Waals surface area (Å²) >= 11 is 1.20. The minimum Gasteiger partial charge on any atom is -0.744 e. The standard InChI is InChI=1S/C38H46O6S2.Na/c1-3-5-7-8-9-10-18-35(39)29-14-13-15-30(26-29)38(40)34-17-12-11-16-33(34)28-19-24-36(37(27-28)46(41,42)43)45-32-22-20-31(21-23-32)44-25-6-4-2;/h11-17,19-24,26-27,35,38-40H,3-10,18,25H2,1-2H3,(H,41,42,43);/q;+1/p-1.